The number of nitrogens with zero attached hydrogens (tertiary/aromatic N) is 3. The second kappa shape index (κ2) is 9.90. The third-order valence-electron chi connectivity index (χ3n) is 8.08. The van der Waals surface area contributed by atoms with Crippen LogP contribution in [0.3, 0.4) is 0 Å². The summed E-state index contributed by atoms with van der Waals surface area (Å²) >= 11 is 1.20. The van der Waals surface area contributed by atoms with Crippen molar-refractivity contribution in [3.63, 3.8) is 0 Å². The predicted molar refractivity (Wildman–Crippen MR) is 135 cm³/mol. The molecule has 204 valence electrons. The lowest BCUT2D eigenvalue weighted by Gasteiger charge is -2.46. The summed E-state index contributed by atoms with van der Waals surface area (Å²) in [6.07, 6.45) is 6.65. The molecule has 2 N–H and O–H groups in total. The molecule has 0 aromatic carbocycles. The fourth-order valence-electron chi connectivity index (χ4n) is 5.99. The van der Waals surface area contributed by atoms with E-state index in [1.54, 1.807) is 17.5 Å². The number of hydrogen-bond acceptors (Lipinski definition) is 10. The van der Waals surface area contributed by atoms with Gasteiger partial charge in [0.2, 0.25) is 18.5 Å². The van der Waals surface area contributed by atoms with Crippen LogP contribution < -0.4 is 0 Å². The van der Waals surface area contributed by atoms with Crippen LogP contribution in [0.4, 0.5) is 0 Å². The molecule has 38 heavy (non-hydrogen) atoms. The van der Waals surface area contributed by atoms with Crippen molar-refractivity contribution < 1.29 is 38.9 Å². The van der Waals surface area contributed by atoms with Gasteiger partial charge in [0.15, 0.2) is 0 Å². The van der Waals surface area contributed by atoms with E-state index < -0.39 is 54.6 Å². The summed E-state index contributed by atoms with van der Waals surface area (Å²) in [4.78, 5) is 57.7. The van der Waals surface area contributed by atoms with Crippen LogP contribution in [0.15, 0.2) is 18.2 Å². The van der Waals surface area contributed by atoms with Crippen molar-refractivity contribution >= 4 is 45.4 Å². The molecule has 1 aliphatic carbocycles. The summed E-state index contributed by atoms with van der Waals surface area (Å²) in [5, 5.41) is 19.5. The number of esters is 2. The zero-order chi connectivity index (χ0) is 27.4. The molecule has 0 bridgehead atoms. The minimum atomic E-state index is -0.906. The number of imidazole rings is 1. The molecule has 2 aromatic rings. The number of fused-ring (bicyclic) bond motifs is 2. The van der Waals surface area contributed by atoms with Gasteiger partial charge in [-0.1, -0.05) is 26.2 Å². The van der Waals surface area contributed by atoms with Crippen molar-refractivity contribution in [2.24, 2.45) is 17.3 Å². The largest absolute Gasteiger partial charge is 0.427 e. The monoisotopic (exact) mass is 545 g/mol. The molecular weight excluding hydrogens is 514 g/mol. The van der Waals surface area contributed by atoms with Crippen molar-refractivity contribution in [2.45, 2.75) is 65.0 Å². The molecule has 1 amide bonds. The second-order valence-corrected chi connectivity index (χ2v) is 11.6. The van der Waals surface area contributed by atoms with Crippen molar-refractivity contribution in [1.29, 1.82) is 0 Å². The number of aromatic nitrogens is 2. The van der Waals surface area contributed by atoms with Crippen LogP contribution in [0, 0.1) is 17.3 Å². The Morgan fingerprint density at radius 3 is 2.61 bits per heavy atom. The molecule has 12 heteroatoms. The number of thiazole rings is 1. The Morgan fingerprint density at radius 2 is 1.95 bits per heavy atom. The lowest BCUT2D eigenvalue weighted by atomic mass is 9.76. The summed E-state index contributed by atoms with van der Waals surface area (Å²) in [7, 11) is 0. The van der Waals surface area contributed by atoms with E-state index in [0.29, 0.717) is 15.3 Å². The van der Waals surface area contributed by atoms with E-state index in [9.17, 15) is 29.4 Å². The number of ketones is 1. The summed E-state index contributed by atoms with van der Waals surface area (Å²) in [5.74, 6) is -3.13. The third-order valence-corrected chi connectivity index (χ3v) is 9.22. The molecule has 1 saturated carbocycles. The van der Waals surface area contributed by atoms with E-state index in [4.69, 9.17) is 9.47 Å². The topological polar surface area (TPSA) is 148 Å². The number of Topliss-reactive ketones (excluding diaryl/α,β-unsaturated/α-hetero) is 1. The number of hydrogen-bond donors (Lipinski definition) is 2. The van der Waals surface area contributed by atoms with Gasteiger partial charge in [-0.2, -0.15) is 0 Å². The first-order valence-corrected chi connectivity index (χ1v) is 13.6. The van der Waals surface area contributed by atoms with E-state index >= 15 is 0 Å². The minimum Gasteiger partial charge on any atom is -0.427 e. The van der Waals surface area contributed by atoms with E-state index in [1.807, 2.05) is 13.8 Å². The van der Waals surface area contributed by atoms with Gasteiger partial charge in [-0.25, -0.2) is 9.78 Å². The van der Waals surface area contributed by atoms with E-state index in [-0.39, 0.29) is 23.2 Å². The highest BCUT2D eigenvalue weighted by Crippen LogP contribution is 2.51. The number of rotatable bonds is 8. The van der Waals surface area contributed by atoms with Gasteiger partial charge < -0.3 is 24.6 Å². The van der Waals surface area contributed by atoms with Crippen LogP contribution in [0.5, 0.6) is 0 Å². The lowest BCUT2D eigenvalue weighted by Crippen LogP contribution is -2.63. The molecule has 0 radical (unpaired) electrons. The van der Waals surface area contributed by atoms with Crippen LogP contribution in [0.2, 0.25) is 0 Å². The maximum Gasteiger partial charge on any atom is 0.358 e. The molecule has 4 heterocycles. The Kier molecular flexibility index (Phi) is 6.91. The summed E-state index contributed by atoms with van der Waals surface area (Å²) in [6, 6.07) is -0.443. The Balaban J connectivity index is 1.43. The number of amides is 1. The Labute approximate surface area is 223 Å². The first kappa shape index (κ1) is 26.5. The maximum atomic E-state index is 13.4. The number of β-lactam (4-membered cyclic amide) rings is 1. The SMILES string of the molecule is C[C@@H](O)[C@H]1C(=O)N2C(C(=O)OCOC(=O)C3(C)CCCCC3)=C(c3cn4cnc(C(=O)CO)c4s3)[C@H](C)[C@H]12. The third kappa shape index (κ3) is 4.15. The number of ether oxygens (including phenoxy) is 2. The molecule has 11 nitrogen and oxygen atoms in total. The summed E-state index contributed by atoms with van der Waals surface area (Å²) < 4.78 is 12.3. The molecule has 2 fully saturated rings. The number of carbonyl (C=O) groups excluding carboxylic acids is 4. The number of aliphatic hydroxyl groups excluding tert-OH is 2. The van der Waals surface area contributed by atoms with Crippen LogP contribution in [-0.4, -0.2) is 73.7 Å². The smallest absolute Gasteiger partial charge is 0.358 e. The molecule has 0 spiro atoms. The highest BCUT2D eigenvalue weighted by molar-refractivity contribution is 7.18. The second-order valence-electron chi connectivity index (χ2n) is 10.6. The van der Waals surface area contributed by atoms with Gasteiger partial charge in [0.1, 0.15) is 29.2 Å². The average molecular weight is 546 g/mol. The van der Waals surface area contributed by atoms with Crippen LogP contribution in [-0.2, 0) is 23.9 Å². The first-order valence-electron chi connectivity index (χ1n) is 12.8. The van der Waals surface area contributed by atoms with Crippen molar-refractivity contribution in [3.8, 4) is 0 Å². The van der Waals surface area contributed by atoms with E-state index in [1.165, 1.54) is 22.6 Å². The molecule has 1 saturated heterocycles. The summed E-state index contributed by atoms with van der Waals surface area (Å²) in [6.45, 7) is 4.01. The molecule has 0 unspecified atom stereocenters. The van der Waals surface area contributed by atoms with Gasteiger partial charge in [-0.05, 0) is 26.7 Å². The lowest BCUT2D eigenvalue weighted by molar-refractivity contribution is -0.177. The van der Waals surface area contributed by atoms with Crippen LogP contribution >= 0.6 is 11.3 Å². The van der Waals surface area contributed by atoms with Crippen molar-refractivity contribution in [1.82, 2.24) is 14.3 Å². The molecular formula is C26H31N3O8S. The normalized spacial score (nSPS) is 25.2. The highest BCUT2D eigenvalue weighted by Gasteiger charge is 2.60. The quantitative estimate of drug-likeness (QED) is 0.220. The number of carbonyl (C=O) groups is 4. The van der Waals surface area contributed by atoms with E-state index in [0.717, 1.165) is 32.1 Å². The van der Waals surface area contributed by atoms with Crippen LogP contribution in [0.25, 0.3) is 10.4 Å². The standard InChI is InChI=1S/C26H31N3O8S/c1-13-17(16-9-28-11-27-19(15(32)10-30)23(28)38-16)21(29-20(13)18(14(2)31)22(29)33)24(34)36-12-37-25(35)26(3)7-5-4-6-8-26/h9,11,13-14,18,20,30-31H,4-8,10,12H2,1-3H3/t13-,14+,18+,20+/m0/s1. The maximum absolute atomic E-state index is 13.4. The average Bonchev–Trinajstić information content (AvgIpc) is 3.53. The van der Waals surface area contributed by atoms with Gasteiger partial charge in [0.05, 0.1) is 28.4 Å². The van der Waals surface area contributed by atoms with Crippen molar-refractivity contribution in [3.05, 3.63) is 28.8 Å². The fourth-order valence-corrected chi connectivity index (χ4v) is 7.22. The van der Waals surface area contributed by atoms with E-state index in [2.05, 4.69) is 4.98 Å². The molecule has 2 aliphatic heterocycles. The van der Waals surface area contributed by atoms with Gasteiger partial charge >= 0.3 is 11.9 Å². The van der Waals surface area contributed by atoms with Gasteiger partial charge in [-0.3, -0.25) is 18.8 Å². The molecule has 4 atom stereocenters. The fraction of sp³-hybridized carbons (Fsp3) is 0.577. The first-order chi connectivity index (χ1) is 18.1. The predicted octanol–water partition coefficient (Wildman–Crippen LogP) is 2.15. The minimum absolute atomic E-state index is 0.0387. The van der Waals surface area contributed by atoms with Gasteiger partial charge in [-0.15, -0.1) is 11.3 Å². The highest BCUT2D eigenvalue weighted by atomic mass is 32.1. The zero-order valence-corrected chi connectivity index (χ0v) is 22.3. The molecule has 2 aromatic heterocycles. The van der Waals surface area contributed by atoms with Gasteiger partial charge in [0.25, 0.3) is 0 Å². The summed E-state index contributed by atoms with van der Waals surface area (Å²) in [5.41, 5.74) is 0.0923. The van der Waals surface area contributed by atoms with Crippen LogP contribution in [0.1, 0.15) is 68.2 Å². The Morgan fingerprint density at radius 1 is 1.24 bits per heavy atom. The molecule has 3 aliphatic rings. The van der Waals surface area contributed by atoms with Gasteiger partial charge in [0, 0.05) is 17.7 Å². The Bertz CT molecular complexity index is 1340. The van der Waals surface area contributed by atoms with Crippen molar-refractivity contribution in [2.75, 3.05) is 13.4 Å². The Hall–Kier alpha value is -3.09. The molecule has 5 rings (SSSR count). The zero-order valence-electron chi connectivity index (χ0n) is 21.5. The number of aliphatic hydroxyl groups is 2.